The SMILES string of the molecule is COc1ccc(C(=O)Oc2ccc(Br)cc2/C=N\NC(=O)c2ccccc2O)cc1. The number of benzene rings is 3. The minimum atomic E-state index is -0.573. The molecule has 2 N–H and O–H groups in total. The monoisotopic (exact) mass is 468 g/mol. The summed E-state index contributed by atoms with van der Waals surface area (Å²) in [5.41, 5.74) is 3.24. The number of aromatic hydroxyl groups is 1. The van der Waals surface area contributed by atoms with E-state index in [1.54, 1.807) is 61.7 Å². The molecule has 0 unspecified atom stereocenters. The van der Waals surface area contributed by atoms with E-state index in [2.05, 4.69) is 26.5 Å². The van der Waals surface area contributed by atoms with Gasteiger partial charge in [-0.1, -0.05) is 28.1 Å². The molecule has 1 amide bonds. The second kappa shape index (κ2) is 9.71. The number of amides is 1. The highest BCUT2D eigenvalue weighted by atomic mass is 79.9. The molecule has 0 fully saturated rings. The van der Waals surface area contributed by atoms with E-state index in [1.165, 1.54) is 18.3 Å². The first-order valence-electron chi connectivity index (χ1n) is 8.75. The van der Waals surface area contributed by atoms with Crippen LogP contribution < -0.4 is 14.9 Å². The molecule has 0 aromatic heterocycles. The Bertz CT molecular complexity index is 1100. The molecule has 30 heavy (non-hydrogen) atoms. The molecule has 152 valence electrons. The van der Waals surface area contributed by atoms with Gasteiger partial charge in [-0.15, -0.1) is 0 Å². The maximum absolute atomic E-state index is 12.4. The van der Waals surface area contributed by atoms with Crippen molar-refractivity contribution in [2.24, 2.45) is 5.10 Å². The van der Waals surface area contributed by atoms with Gasteiger partial charge in [-0.2, -0.15) is 5.10 Å². The lowest BCUT2D eigenvalue weighted by Crippen LogP contribution is -2.17. The van der Waals surface area contributed by atoms with E-state index in [4.69, 9.17) is 9.47 Å². The summed E-state index contributed by atoms with van der Waals surface area (Å²) in [5.74, 6) is -0.381. The van der Waals surface area contributed by atoms with Crippen molar-refractivity contribution >= 4 is 34.0 Å². The van der Waals surface area contributed by atoms with Gasteiger partial charge in [-0.3, -0.25) is 4.79 Å². The van der Waals surface area contributed by atoms with Gasteiger partial charge in [0.05, 0.1) is 24.5 Å². The Hall–Kier alpha value is -3.65. The van der Waals surface area contributed by atoms with Gasteiger partial charge in [-0.05, 0) is 54.6 Å². The number of nitrogens with one attached hydrogen (secondary N) is 1. The lowest BCUT2D eigenvalue weighted by molar-refractivity contribution is 0.0734. The standard InChI is InChI=1S/C22H17BrN2O5/c1-29-17-9-6-14(7-10-17)22(28)30-20-11-8-16(23)12-15(20)13-24-25-21(27)18-4-2-3-5-19(18)26/h2-13,26H,1H3,(H,25,27)/b24-13-. The van der Waals surface area contributed by atoms with Crippen LogP contribution in [0.1, 0.15) is 26.3 Å². The lowest BCUT2D eigenvalue weighted by atomic mass is 10.2. The molecule has 8 heteroatoms. The molecule has 3 rings (SSSR count). The molecule has 0 bridgehead atoms. The van der Waals surface area contributed by atoms with Gasteiger partial charge in [0, 0.05) is 10.0 Å². The van der Waals surface area contributed by atoms with Crippen LogP contribution in [0.5, 0.6) is 17.2 Å². The van der Waals surface area contributed by atoms with Crippen molar-refractivity contribution in [1.82, 2.24) is 5.43 Å². The zero-order chi connectivity index (χ0) is 21.5. The summed E-state index contributed by atoms with van der Waals surface area (Å²) in [6.45, 7) is 0. The topological polar surface area (TPSA) is 97.2 Å². The molecule has 0 aliphatic heterocycles. The van der Waals surface area contributed by atoms with Crippen molar-refractivity contribution in [3.8, 4) is 17.2 Å². The molecule has 0 saturated carbocycles. The van der Waals surface area contributed by atoms with Crippen molar-refractivity contribution in [3.63, 3.8) is 0 Å². The number of hydrazone groups is 1. The van der Waals surface area contributed by atoms with E-state index >= 15 is 0 Å². The number of methoxy groups -OCH3 is 1. The van der Waals surface area contributed by atoms with Crippen LogP contribution >= 0.6 is 15.9 Å². The molecule has 0 heterocycles. The number of rotatable bonds is 6. The number of carbonyl (C=O) groups excluding carboxylic acids is 2. The summed E-state index contributed by atoms with van der Waals surface area (Å²) in [4.78, 5) is 24.6. The fraction of sp³-hybridized carbons (Fsp3) is 0.0455. The fourth-order valence-electron chi connectivity index (χ4n) is 2.49. The fourth-order valence-corrected chi connectivity index (χ4v) is 2.86. The Labute approximate surface area is 181 Å². The Morgan fingerprint density at radius 1 is 1.07 bits per heavy atom. The third kappa shape index (κ3) is 5.24. The van der Waals surface area contributed by atoms with Gasteiger partial charge in [-0.25, -0.2) is 10.2 Å². The summed E-state index contributed by atoms with van der Waals surface area (Å²) in [6, 6.07) is 17.7. The Kier molecular flexibility index (Phi) is 6.82. The van der Waals surface area contributed by atoms with Crippen LogP contribution in [0.2, 0.25) is 0 Å². The highest BCUT2D eigenvalue weighted by Crippen LogP contribution is 2.23. The maximum atomic E-state index is 12.4. The summed E-state index contributed by atoms with van der Waals surface area (Å²) in [5, 5.41) is 13.6. The maximum Gasteiger partial charge on any atom is 0.343 e. The zero-order valence-corrected chi connectivity index (χ0v) is 17.4. The van der Waals surface area contributed by atoms with Gasteiger partial charge < -0.3 is 14.6 Å². The average molecular weight is 469 g/mol. The lowest BCUT2D eigenvalue weighted by Gasteiger charge is -2.09. The van der Waals surface area contributed by atoms with Crippen molar-refractivity contribution in [2.75, 3.05) is 7.11 Å². The Balaban J connectivity index is 1.74. The van der Waals surface area contributed by atoms with E-state index < -0.39 is 11.9 Å². The number of hydrogen-bond donors (Lipinski definition) is 2. The smallest absolute Gasteiger partial charge is 0.343 e. The molecule has 0 spiro atoms. The number of ether oxygens (including phenoxy) is 2. The molecule has 7 nitrogen and oxygen atoms in total. The van der Waals surface area contributed by atoms with Crippen LogP contribution in [0.25, 0.3) is 0 Å². The Morgan fingerprint density at radius 2 is 1.80 bits per heavy atom. The van der Waals surface area contributed by atoms with Gasteiger partial charge in [0.15, 0.2) is 0 Å². The van der Waals surface area contributed by atoms with Crippen molar-refractivity contribution in [2.45, 2.75) is 0 Å². The van der Waals surface area contributed by atoms with Crippen molar-refractivity contribution in [3.05, 3.63) is 87.9 Å². The number of carbonyl (C=O) groups is 2. The van der Waals surface area contributed by atoms with Crippen LogP contribution in [0.15, 0.2) is 76.3 Å². The summed E-state index contributed by atoms with van der Waals surface area (Å²) in [7, 11) is 1.54. The average Bonchev–Trinajstić information content (AvgIpc) is 2.75. The number of para-hydroxylation sites is 1. The normalized spacial score (nSPS) is 10.6. The van der Waals surface area contributed by atoms with Crippen LogP contribution in [0.4, 0.5) is 0 Å². The highest BCUT2D eigenvalue weighted by Gasteiger charge is 2.13. The molecular weight excluding hydrogens is 452 g/mol. The molecule has 0 radical (unpaired) electrons. The summed E-state index contributed by atoms with van der Waals surface area (Å²) < 4.78 is 11.3. The Morgan fingerprint density at radius 3 is 2.50 bits per heavy atom. The number of esters is 1. The number of hydrogen-bond acceptors (Lipinski definition) is 6. The van der Waals surface area contributed by atoms with Gasteiger partial charge in [0.1, 0.15) is 17.2 Å². The highest BCUT2D eigenvalue weighted by molar-refractivity contribution is 9.10. The van der Waals surface area contributed by atoms with Crippen molar-refractivity contribution < 1.29 is 24.2 Å². The minimum absolute atomic E-state index is 0.0926. The van der Waals surface area contributed by atoms with E-state index in [9.17, 15) is 14.7 Å². The predicted octanol–water partition coefficient (Wildman–Crippen LogP) is 4.15. The second-order valence-electron chi connectivity index (χ2n) is 6.02. The molecule has 3 aromatic rings. The van der Waals surface area contributed by atoms with Crippen LogP contribution in [0.3, 0.4) is 0 Å². The number of nitrogens with zero attached hydrogens (tertiary/aromatic N) is 1. The summed E-state index contributed by atoms with van der Waals surface area (Å²) >= 11 is 3.35. The molecule has 0 aliphatic rings. The third-order valence-corrected chi connectivity index (χ3v) is 4.51. The van der Waals surface area contributed by atoms with Crippen LogP contribution in [0, 0.1) is 0 Å². The third-order valence-electron chi connectivity index (χ3n) is 4.02. The summed E-state index contributed by atoms with van der Waals surface area (Å²) in [6.07, 6.45) is 1.35. The zero-order valence-electron chi connectivity index (χ0n) is 15.8. The first-order valence-corrected chi connectivity index (χ1v) is 9.54. The number of phenols is 1. The second-order valence-corrected chi connectivity index (χ2v) is 6.93. The largest absolute Gasteiger partial charge is 0.507 e. The van der Waals surface area contributed by atoms with Crippen LogP contribution in [-0.2, 0) is 0 Å². The molecule has 0 atom stereocenters. The molecule has 0 saturated heterocycles. The van der Waals surface area contributed by atoms with Gasteiger partial charge in [0.2, 0.25) is 0 Å². The first-order chi connectivity index (χ1) is 14.5. The van der Waals surface area contributed by atoms with E-state index in [1.807, 2.05) is 0 Å². The van der Waals surface area contributed by atoms with E-state index in [-0.39, 0.29) is 17.1 Å². The van der Waals surface area contributed by atoms with E-state index in [0.717, 1.165) is 4.47 Å². The van der Waals surface area contributed by atoms with Gasteiger partial charge in [0.25, 0.3) is 5.91 Å². The van der Waals surface area contributed by atoms with Gasteiger partial charge >= 0.3 is 5.97 Å². The van der Waals surface area contributed by atoms with Crippen molar-refractivity contribution in [1.29, 1.82) is 0 Å². The van der Waals surface area contributed by atoms with Crippen LogP contribution in [-0.4, -0.2) is 30.3 Å². The number of phenolic OH excluding ortho intramolecular Hbond substituents is 1. The molecule has 3 aromatic carbocycles. The molecule has 0 aliphatic carbocycles. The quantitative estimate of drug-likeness (QED) is 0.245. The molecular formula is C22H17BrN2O5. The minimum Gasteiger partial charge on any atom is -0.507 e. The first kappa shape index (κ1) is 21.1. The predicted molar refractivity (Wildman–Crippen MR) is 115 cm³/mol. The number of halogens is 1. The van der Waals surface area contributed by atoms with E-state index in [0.29, 0.717) is 16.9 Å².